The molecule has 2 nitrogen and oxygen atoms in total. The van der Waals surface area contributed by atoms with Gasteiger partial charge in [0.05, 0.1) is 16.3 Å². The minimum atomic E-state index is 1.07. The van der Waals surface area contributed by atoms with Gasteiger partial charge in [0.15, 0.2) is 0 Å². The second kappa shape index (κ2) is 10.8. The molecule has 1 heterocycles. The molecule has 1 aliphatic carbocycles. The summed E-state index contributed by atoms with van der Waals surface area (Å²) in [5.74, 6) is 0. The zero-order chi connectivity index (χ0) is 31.6. The molecular weight excluding hydrogens is 601 g/mol. The van der Waals surface area contributed by atoms with Crippen molar-refractivity contribution in [3.8, 4) is 43.4 Å². The number of rotatable bonds is 5. The van der Waals surface area contributed by atoms with Crippen LogP contribution in [0.15, 0.2) is 170 Å². The second-order valence-electron chi connectivity index (χ2n) is 12.3. The van der Waals surface area contributed by atoms with Crippen LogP contribution in [-0.2, 0) is 0 Å². The van der Waals surface area contributed by atoms with E-state index in [1.165, 1.54) is 65.0 Å². The first-order chi connectivity index (χ1) is 23.8. The molecular formula is C45H28N2S. The number of para-hydroxylation sites is 1. The molecule has 8 aromatic carbocycles. The van der Waals surface area contributed by atoms with E-state index < -0.39 is 0 Å². The van der Waals surface area contributed by atoms with Gasteiger partial charge in [0.25, 0.3) is 0 Å². The summed E-state index contributed by atoms with van der Waals surface area (Å²) in [6, 6.07) is 61.3. The van der Waals surface area contributed by atoms with Crippen LogP contribution in [0.5, 0.6) is 0 Å². The monoisotopic (exact) mass is 628 g/mol. The lowest BCUT2D eigenvalue weighted by atomic mass is 9.94. The van der Waals surface area contributed by atoms with Crippen LogP contribution in [0.25, 0.3) is 75.7 Å². The van der Waals surface area contributed by atoms with E-state index in [4.69, 9.17) is 4.98 Å². The van der Waals surface area contributed by atoms with Gasteiger partial charge in [-0.15, -0.1) is 11.3 Å². The number of hydrogen-bond donors (Lipinski definition) is 0. The Hall–Kier alpha value is -6.03. The summed E-state index contributed by atoms with van der Waals surface area (Å²) in [6.45, 7) is 0. The van der Waals surface area contributed by atoms with E-state index in [0.29, 0.717) is 0 Å². The Bertz CT molecular complexity index is 2650. The Balaban J connectivity index is 1.14. The molecule has 0 radical (unpaired) electrons. The van der Waals surface area contributed by atoms with Crippen LogP contribution in [0.2, 0.25) is 0 Å². The van der Waals surface area contributed by atoms with Crippen molar-refractivity contribution in [2.45, 2.75) is 0 Å². The Labute approximate surface area is 282 Å². The predicted octanol–water partition coefficient (Wildman–Crippen LogP) is 13.1. The number of fused-ring (bicyclic) bond motifs is 6. The number of benzene rings is 8. The summed E-state index contributed by atoms with van der Waals surface area (Å²) >= 11 is 1.79. The summed E-state index contributed by atoms with van der Waals surface area (Å²) in [6.07, 6.45) is 0. The van der Waals surface area contributed by atoms with Crippen LogP contribution in [0, 0.1) is 0 Å². The Kier molecular flexibility index (Phi) is 6.08. The fraction of sp³-hybridized carbons (Fsp3) is 0. The van der Waals surface area contributed by atoms with Gasteiger partial charge in [-0.2, -0.15) is 0 Å². The first-order valence-corrected chi connectivity index (χ1v) is 17.1. The van der Waals surface area contributed by atoms with Gasteiger partial charge in [-0.25, -0.2) is 4.98 Å². The number of thiazole rings is 1. The van der Waals surface area contributed by atoms with Crippen LogP contribution in [0.3, 0.4) is 0 Å². The highest BCUT2D eigenvalue weighted by Crippen LogP contribution is 2.53. The highest BCUT2D eigenvalue weighted by molar-refractivity contribution is 7.19. The molecule has 0 spiro atoms. The van der Waals surface area contributed by atoms with Gasteiger partial charge in [-0.3, -0.25) is 0 Å². The summed E-state index contributed by atoms with van der Waals surface area (Å²) in [5.41, 5.74) is 10.6. The van der Waals surface area contributed by atoms with E-state index in [0.717, 1.165) is 27.8 Å². The van der Waals surface area contributed by atoms with Crippen LogP contribution >= 0.6 is 11.3 Å². The van der Waals surface area contributed by atoms with E-state index in [-0.39, 0.29) is 0 Å². The molecule has 0 N–H and O–H groups in total. The van der Waals surface area contributed by atoms with Crippen LogP contribution < -0.4 is 4.90 Å². The first kappa shape index (κ1) is 27.1. The van der Waals surface area contributed by atoms with Crippen LogP contribution in [0.1, 0.15) is 0 Å². The molecule has 0 amide bonds. The van der Waals surface area contributed by atoms with Crippen molar-refractivity contribution in [3.05, 3.63) is 170 Å². The van der Waals surface area contributed by atoms with Crippen LogP contribution in [0.4, 0.5) is 17.1 Å². The van der Waals surface area contributed by atoms with Gasteiger partial charge < -0.3 is 4.90 Å². The third-order valence-electron chi connectivity index (χ3n) is 9.61. The zero-order valence-corrected chi connectivity index (χ0v) is 26.8. The number of anilines is 3. The SMILES string of the molecule is c1ccc(-c2nc3c(s2)-c2ccc(-c4cccc(N(c5ccccc5)c5cc6ccccc6c6ccccc56)c4)c4cccc-3c24)cc1. The van der Waals surface area contributed by atoms with E-state index in [9.17, 15) is 0 Å². The molecule has 10 rings (SSSR count). The highest BCUT2D eigenvalue weighted by Gasteiger charge is 2.27. The van der Waals surface area contributed by atoms with Crippen molar-refractivity contribution in [1.82, 2.24) is 4.98 Å². The maximum atomic E-state index is 5.17. The lowest BCUT2D eigenvalue weighted by molar-refractivity contribution is 1.30. The second-order valence-corrected chi connectivity index (χ2v) is 13.3. The summed E-state index contributed by atoms with van der Waals surface area (Å²) < 4.78 is 0. The molecule has 3 heteroatoms. The highest BCUT2D eigenvalue weighted by atomic mass is 32.1. The molecule has 0 aliphatic heterocycles. The fourth-order valence-corrected chi connectivity index (χ4v) is 8.59. The summed E-state index contributed by atoms with van der Waals surface area (Å²) in [4.78, 5) is 8.84. The molecule has 9 aromatic rings. The van der Waals surface area contributed by atoms with Crippen molar-refractivity contribution >= 4 is 60.7 Å². The zero-order valence-electron chi connectivity index (χ0n) is 26.0. The number of aromatic nitrogens is 1. The van der Waals surface area contributed by atoms with E-state index in [1.54, 1.807) is 11.3 Å². The molecule has 0 bridgehead atoms. The minimum Gasteiger partial charge on any atom is -0.310 e. The van der Waals surface area contributed by atoms with Crippen molar-refractivity contribution in [1.29, 1.82) is 0 Å². The van der Waals surface area contributed by atoms with Crippen LogP contribution in [-0.4, -0.2) is 4.98 Å². The van der Waals surface area contributed by atoms with Gasteiger partial charge in [0.1, 0.15) is 5.01 Å². The summed E-state index contributed by atoms with van der Waals surface area (Å²) in [5, 5.41) is 8.61. The lowest BCUT2D eigenvalue weighted by Crippen LogP contribution is -2.10. The molecule has 0 saturated heterocycles. The average Bonchev–Trinajstić information content (AvgIpc) is 3.72. The lowest BCUT2D eigenvalue weighted by Gasteiger charge is -2.28. The third kappa shape index (κ3) is 4.15. The third-order valence-corrected chi connectivity index (χ3v) is 10.7. The van der Waals surface area contributed by atoms with Crippen molar-refractivity contribution in [3.63, 3.8) is 0 Å². The molecule has 1 aliphatic rings. The van der Waals surface area contributed by atoms with E-state index in [1.807, 2.05) is 0 Å². The molecule has 0 saturated carbocycles. The largest absolute Gasteiger partial charge is 0.310 e. The first-order valence-electron chi connectivity index (χ1n) is 16.3. The van der Waals surface area contributed by atoms with Gasteiger partial charge in [0, 0.05) is 38.8 Å². The molecule has 1 aromatic heterocycles. The number of hydrogen-bond acceptors (Lipinski definition) is 3. The smallest absolute Gasteiger partial charge is 0.124 e. The van der Waals surface area contributed by atoms with Crippen molar-refractivity contribution in [2.75, 3.05) is 4.90 Å². The Morgan fingerprint density at radius 3 is 1.94 bits per heavy atom. The number of nitrogens with zero attached hydrogens (tertiary/aromatic N) is 2. The van der Waals surface area contributed by atoms with Gasteiger partial charge >= 0.3 is 0 Å². The molecule has 224 valence electrons. The maximum absolute atomic E-state index is 5.17. The van der Waals surface area contributed by atoms with E-state index >= 15 is 0 Å². The predicted molar refractivity (Wildman–Crippen MR) is 205 cm³/mol. The van der Waals surface area contributed by atoms with Gasteiger partial charge in [0.2, 0.25) is 0 Å². The quantitative estimate of drug-likeness (QED) is 0.176. The van der Waals surface area contributed by atoms with Gasteiger partial charge in [-0.1, -0.05) is 140 Å². The molecule has 0 unspecified atom stereocenters. The normalized spacial score (nSPS) is 11.8. The summed E-state index contributed by atoms with van der Waals surface area (Å²) in [7, 11) is 0. The standard InChI is InChI=1S/C45H28N2S/c1-3-13-29(14-4-1)45-46-43-39-24-12-23-38-35(25-26-40(42(38)39)44(43)48-45)30-16-11-19-33(27-30)47(32-17-5-2-6-18-32)41-28-31-15-7-8-20-34(31)36-21-9-10-22-37(36)41/h1-28H. The molecule has 0 fully saturated rings. The molecule has 0 atom stereocenters. The Morgan fingerprint density at radius 2 is 1.08 bits per heavy atom. The van der Waals surface area contributed by atoms with Gasteiger partial charge in [-0.05, 0) is 63.0 Å². The van der Waals surface area contributed by atoms with Crippen molar-refractivity contribution in [2.24, 2.45) is 0 Å². The average molecular weight is 629 g/mol. The minimum absolute atomic E-state index is 1.07. The van der Waals surface area contributed by atoms with E-state index in [2.05, 4.69) is 175 Å². The topological polar surface area (TPSA) is 16.1 Å². The molecule has 48 heavy (non-hydrogen) atoms. The van der Waals surface area contributed by atoms with Crippen molar-refractivity contribution < 1.29 is 0 Å². The Morgan fingerprint density at radius 1 is 0.438 bits per heavy atom. The fourth-order valence-electron chi connectivity index (χ4n) is 7.47. The maximum Gasteiger partial charge on any atom is 0.124 e.